The van der Waals surface area contributed by atoms with Crippen LogP contribution in [0.25, 0.3) is 0 Å². The van der Waals surface area contributed by atoms with Crippen molar-refractivity contribution in [2.45, 2.75) is 18.9 Å². The number of likely N-dealkylation sites (tertiary alicyclic amines) is 1. The Morgan fingerprint density at radius 2 is 2.44 bits per heavy atom. The van der Waals surface area contributed by atoms with Crippen molar-refractivity contribution in [2.75, 3.05) is 26.7 Å². The summed E-state index contributed by atoms with van der Waals surface area (Å²) in [5.41, 5.74) is 1.15. The van der Waals surface area contributed by atoms with Gasteiger partial charge in [-0.1, -0.05) is 0 Å². The maximum Gasteiger partial charge on any atom is 0.271 e. The first-order chi connectivity index (χ1) is 8.72. The van der Waals surface area contributed by atoms with Crippen molar-refractivity contribution in [3.05, 3.63) is 23.8 Å². The molecule has 1 aliphatic rings. The van der Waals surface area contributed by atoms with Gasteiger partial charge in [0.2, 0.25) is 0 Å². The van der Waals surface area contributed by atoms with Crippen molar-refractivity contribution in [2.24, 2.45) is 0 Å². The SMILES string of the molecule is CN1CCC[C@@H]1c1cncc(C(=O)NCCO)n1. The van der Waals surface area contributed by atoms with Gasteiger partial charge in [-0.25, -0.2) is 4.98 Å². The van der Waals surface area contributed by atoms with Crippen LogP contribution in [0.1, 0.15) is 35.1 Å². The molecule has 1 aromatic heterocycles. The number of carbonyl (C=O) groups is 1. The second-order valence-electron chi connectivity index (χ2n) is 4.45. The molecule has 6 nitrogen and oxygen atoms in total. The molecule has 1 aromatic rings. The van der Waals surface area contributed by atoms with Crippen LogP contribution in [0.2, 0.25) is 0 Å². The van der Waals surface area contributed by atoms with E-state index in [2.05, 4.69) is 27.2 Å². The highest BCUT2D eigenvalue weighted by Crippen LogP contribution is 2.28. The predicted molar refractivity (Wildman–Crippen MR) is 66.1 cm³/mol. The molecule has 18 heavy (non-hydrogen) atoms. The minimum absolute atomic E-state index is 0.0791. The maximum atomic E-state index is 11.7. The number of hydrogen-bond donors (Lipinski definition) is 2. The summed E-state index contributed by atoms with van der Waals surface area (Å²) in [5.74, 6) is -0.293. The maximum absolute atomic E-state index is 11.7. The van der Waals surface area contributed by atoms with Crippen LogP contribution in [-0.4, -0.2) is 52.6 Å². The number of nitrogens with one attached hydrogen (secondary N) is 1. The second kappa shape index (κ2) is 5.88. The molecule has 2 rings (SSSR count). The number of amides is 1. The standard InChI is InChI=1S/C12H18N4O2/c1-16-5-2-3-11(16)9-7-13-8-10(15-9)12(18)14-4-6-17/h7-8,11,17H,2-6H2,1H3,(H,14,18)/t11-/m1/s1. The fraction of sp³-hybridized carbons (Fsp3) is 0.583. The van der Waals surface area contributed by atoms with Crippen molar-refractivity contribution in [1.82, 2.24) is 20.2 Å². The Morgan fingerprint density at radius 3 is 3.11 bits per heavy atom. The third-order valence-corrected chi connectivity index (χ3v) is 3.15. The summed E-state index contributed by atoms with van der Waals surface area (Å²) in [4.78, 5) is 22.4. The molecule has 0 aromatic carbocycles. The van der Waals surface area contributed by atoms with Gasteiger partial charge in [0.1, 0.15) is 5.69 Å². The van der Waals surface area contributed by atoms with E-state index < -0.39 is 0 Å². The van der Waals surface area contributed by atoms with E-state index in [1.54, 1.807) is 6.20 Å². The topological polar surface area (TPSA) is 78.4 Å². The van der Waals surface area contributed by atoms with Gasteiger partial charge in [0.05, 0.1) is 30.7 Å². The Bertz CT molecular complexity index is 424. The van der Waals surface area contributed by atoms with E-state index in [-0.39, 0.29) is 25.1 Å². The molecular formula is C12H18N4O2. The second-order valence-corrected chi connectivity index (χ2v) is 4.45. The smallest absolute Gasteiger partial charge is 0.271 e. The number of carbonyl (C=O) groups excluding carboxylic acids is 1. The van der Waals surface area contributed by atoms with E-state index in [1.165, 1.54) is 6.20 Å². The molecule has 0 radical (unpaired) electrons. The summed E-state index contributed by atoms with van der Waals surface area (Å²) >= 11 is 0. The van der Waals surface area contributed by atoms with Crippen molar-refractivity contribution >= 4 is 5.91 Å². The van der Waals surface area contributed by atoms with Crippen LogP contribution >= 0.6 is 0 Å². The zero-order valence-corrected chi connectivity index (χ0v) is 10.5. The predicted octanol–water partition coefficient (Wildman–Crippen LogP) is -0.0346. The third kappa shape index (κ3) is 2.83. The molecule has 6 heteroatoms. The quantitative estimate of drug-likeness (QED) is 0.784. The van der Waals surface area contributed by atoms with Gasteiger partial charge >= 0.3 is 0 Å². The average molecular weight is 250 g/mol. The summed E-state index contributed by atoms with van der Waals surface area (Å²) in [6, 6.07) is 0.253. The first-order valence-corrected chi connectivity index (χ1v) is 6.13. The molecule has 98 valence electrons. The monoisotopic (exact) mass is 250 g/mol. The van der Waals surface area contributed by atoms with E-state index in [0.717, 1.165) is 25.1 Å². The molecule has 0 bridgehead atoms. The van der Waals surface area contributed by atoms with Crippen molar-refractivity contribution < 1.29 is 9.90 Å². The highest BCUT2D eigenvalue weighted by atomic mass is 16.3. The largest absolute Gasteiger partial charge is 0.395 e. The normalized spacial score (nSPS) is 20.0. The van der Waals surface area contributed by atoms with Crippen LogP contribution in [0.3, 0.4) is 0 Å². The van der Waals surface area contributed by atoms with Crippen LogP contribution in [-0.2, 0) is 0 Å². The first kappa shape index (κ1) is 12.9. The van der Waals surface area contributed by atoms with Crippen LogP contribution in [0.15, 0.2) is 12.4 Å². The lowest BCUT2D eigenvalue weighted by molar-refractivity contribution is 0.0938. The lowest BCUT2D eigenvalue weighted by Gasteiger charge is -2.18. The lowest BCUT2D eigenvalue weighted by atomic mass is 10.1. The van der Waals surface area contributed by atoms with E-state index >= 15 is 0 Å². The van der Waals surface area contributed by atoms with Gasteiger partial charge < -0.3 is 10.4 Å². The van der Waals surface area contributed by atoms with Crippen molar-refractivity contribution in [3.63, 3.8) is 0 Å². The summed E-state index contributed by atoms with van der Waals surface area (Å²) < 4.78 is 0. The number of aliphatic hydroxyl groups excluding tert-OH is 1. The lowest BCUT2D eigenvalue weighted by Crippen LogP contribution is -2.28. The molecule has 1 saturated heterocycles. The molecule has 2 N–H and O–H groups in total. The molecule has 0 saturated carbocycles. The Hall–Kier alpha value is -1.53. The molecule has 0 spiro atoms. The van der Waals surface area contributed by atoms with Gasteiger partial charge in [0, 0.05) is 6.54 Å². The minimum Gasteiger partial charge on any atom is -0.395 e. The third-order valence-electron chi connectivity index (χ3n) is 3.15. The van der Waals surface area contributed by atoms with Crippen molar-refractivity contribution in [3.8, 4) is 0 Å². The molecule has 2 heterocycles. The fourth-order valence-electron chi connectivity index (χ4n) is 2.19. The number of aromatic nitrogens is 2. The van der Waals surface area contributed by atoms with Gasteiger partial charge in [-0.15, -0.1) is 0 Å². The van der Waals surface area contributed by atoms with E-state index in [4.69, 9.17) is 5.11 Å². The van der Waals surface area contributed by atoms with Crippen LogP contribution < -0.4 is 5.32 Å². The molecule has 1 aliphatic heterocycles. The van der Waals surface area contributed by atoms with Crippen molar-refractivity contribution in [1.29, 1.82) is 0 Å². The summed E-state index contributed by atoms with van der Waals surface area (Å²) in [6.45, 7) is 1.20. The van der Waals surface area contributed by atoms with Crippen LogP contribution in [0.4, 0.5) is 0 Å². The van der Waals surface area contributed by atoms with Gasteiger partial charge in [-0.3, -0.25) is 14.7 Å². The Labute approximate surface area is 106 Å². The number of rotatable bonds is 4. The first-order valence-electron chi connectivity index (χ1n) is 6.13. The Morgan fingerprint density at radius 1 is 1.61 bits per heavy atom. The van der Waals surface area contributed by atoms with Gasteiger partial charge in [0.15, 0.2) is 0 Å². The van der Waals surface area contributed by atoms with E-state index in [1.807, 2.05) is 0 Å². The highest BCUT2D eigenvalue weighted by molar-refractivity contribution is 5.91. The summed E-state index contributed by atoms with van der Waals surface area (Å²) in [7, 11) is 2.05. The fourth-order valence-corrected chi connectivity index (χ4v) is 2.19. The van der Waals surface area contributed by atoms with E-state index in [0.29, 0.717) is 5.69 Å². The molecular weight excluding hydrogens is 232 g/mol. The zero-order chi connectivity index (χ0) is 13.0. The number of hydrogen-bond acceptors (Lipinski definition) is 5. The molecule has 1 atom stereocenters. The summed E-state index contributed by atoms with van der Waals surface area (Å²) in [6.07, 6.45) is 5.36. The minimum atomic E-state index is -0.293. The van der Waals surface area contributed by atoms with Gasteiger partial charge in [-0.05, 0) is 26.4 Å². The number of nitrogens with zero attached hydrogens (tertiary/aromatic N) is 3. The van der Waals surface area contributed by atoms with Crippen LogP contribution in [0.5, 0.6) is 0 Å². The highest BCUT2D eigenvalue weighted by Gasteiger charge is 2.24. The zero-order valence-electron chi connectivity index (χ0n) is 10.5. The van der Waals surface area contributed by atoms with Gasteiger partial charge in [0.25, 0.3) is 5.91 Å². The molecule has 0 unspecified atom stereocenters. The van der Waals surface area contributed by atoms with Crippen LogP contribution in [0, 0.1) is 0 Å². The Balaban J connectivity index is 2.12. The van der Waals surface area contributed by atoms with E-state index in [9.17, 15) is 4.79 Å². The Kier molecular flexibility index (Phi) is 4.22. The summed E-state index contributed by atoms with van der Waals surface area (Å²) in [5, 5.41) is 11.2. The van der Waals surface area contributed by atoms with Gasteiger partial charge in [-0.2, -0.15) is 0 Å². The number of aliphatic hydroxyl groups is 1. The molecule has 1 amide bonds. The molecule has 1 fully saturated rings. The average Bonchev–Trinajstić information content (AvgIpc) is 2.82. The molecule has 0 aliphatic carbocycles.